The van der Waals surface area contributed by atoms with Crippen LogP contribution in [-0.4, -0.2) is 32.3 Å². The van der Waals surface area contributed by atoms with Crippen molar-refractivity contribution in [3.05, 3.63) is 56.6 Å². The number of aryl methyl sites for hydroxylation is 1. The van der Waals surface area contributed by atoms with Gasteiger partial charge in [0.1, 0.15) is 5.82 Å². The van der Waals surface area contributed by atoms with Gasteiger partial charge in [0.25, 0.3) is 11.6 Å². The molecule has 7 nitrogen and oxygen atoms in total. The summed E-state index contributed by atoms with van der Waals surface area (Å²) in [5.41, 5.74) is 0.132. The number of imidazole rings is 1. The van der Waals surface area contributed by atoms with E-state index < -0.39 is 4.92 Å². The summed E-state index contributed by atoms with van der Waals surface area (Å²) in [6.07, 6.45) is 3.44. The first-order valence-electron chi connectivity index (χ1n) is 6.05. The number of benzene rings is 1. The lowest BCUT2D eigenvalue weighted by atomic mass is 10.2. The van der Waals surface area contributed by atoms with E-state index in [-0.39, 0.29) is 17.2 Å². The van der Waals surface area contributed by atoms with Crippen LogP contribution in [0.15, 0.2) is 35.1 Å². The minimum atomic E-state index is -0.528. The molecule has 0 aliphatic heterocycles. The van der Waals surface area contributed by atoms with E-state index in [0.29, 0.717) is 11.0 Å². The van der Waals surface area contributed by atoms with Crippen molar-refractivity contribution in [1.82, 2.24) is 14.5 Å². The molecule has 1 amide bonds. The molecule has 1 heterocycles. The number of rotatable bonds is 4. The summed E-state index contributed by atoms with van der Waals surface area (Å²) < 4.78 is 2.16. The van der Waals surface area contributed by atoms with Crippen molar-refractivity contribution in [2.24, 2.45) is 7.05 Å². The Morgan fingerprint density at radius 3 is 2.81 bits per heavy atom. The molecule has 0 N–H and O–H groups in total. The maximum absolute atomic E-state index is 12.3. The predicted octanol–water partition coefficient (Wildman–Crippen LogP) is 2.36. The topological polar surface area (TPSA) is 81.3 Å². The van der Waals surface area contributed by atoms with E-state index in [0.717, 1.165) is 5.82 Å². The molecule has 0 aliphatic rings. The number of nitrogens with zero attached hydrogens (tertiary/aromatic N) is 4. The van der Waals surface area contributed by atoms with Gasteiger partial charge in [-0.3, -0.25) is 14.9 Å². The molecule has 1 aromatic carbocycles. The van der Waals surface area contributed by atoms with Gasteiger partial charge in [-0.05, 0) is 28.1 Å². The molecule has 0 fully saturated rings. The van der Waals surface area contributed by atoms with Crippen molar-refractivity contribution < 1.29 is 9.72 Å². The molecule has 0 unspecified atom stereocenters. The Bertz CT molecular complexity index is 698. The van der Waals surface area contributed by atoms with Crippen LogP contribution in [0.1, 0.15) is 16.2 Å². The first-order valence-corrected chi connectivity index (χ1v) is 6.85. The SMILES string of the molecule is CN(Cc1nccn1C)C(=O)c1ccc(Br)c([N+](=O)[O-])c1. The zero-order valence-electron chi connectivity index (χ0n) is 11.5. The molecule has 0 bridgehead atoms. The molecule has 0 saturated heterocycles. The molecule has 110 valence electrons. The highest BCUT2D eigenvalue weighted by Crippen LogP contribution is 2.26. The standard InChI is InChI=1S/C13H13BrN4O3/c1-16-6-5-15-12(16)8-17(2)13(19)9-3-4-10(14)11(7-9)18(20)21/h3-7H,8H2,1-2H3. The number of aromatic nitrogens is 2. The summed E-state index contributed by atoms with van der Waals surface area (Å²) >= 11 is 3.10. The molecule has 0 aliphatic carbocycles. The molecule has 0 saturated carbocycles. The normalized spacial score (nSPS) is 10.4. The lowest BCUT2D eigenvalue weighted by Gasteiger charge is -2.17. The Morgan fingerprint density at radius 2 is 2.24 bits per heavy atom. The third kappa shape index (κ3) is 3.27. The molecule has 0 spiro atoms. The van der Waals surface area contributed by atoms with Crippen LogP contribution >= 0.6 is 15.9 Å². The molecular weight excluding hydrogens is 340 g/mol. The fourth-order valence-corrected chi connectivity index (χ4v) is 2.23. The molecular formula is C13H13BrN4O3. The molecule has 0 radical (unpaired) electrons. The van der Waals surface area contributed by atoms with Crippen molar-refractivity contribution in [2.75, 3.05) is 7.05 Å². The van der Waals surface area contributed by atoms with Crippen molar-refractivity contribution in [1.29, 1.82) is 0 Å². The van der Waals surface area contributed by atoms with Crippen LogP contribution in [0, 0.1) is 10.1 Å². The van der Waals surface area contributed by atoms with Gasteiger partial charge in [-0.15, -0.1) is 0 Å². The number of halogens is 1. The van der Waals surface area contributed by atoms with Crippen molar-refractivity contribution in [2.45, 2.75) is 6.54 Å². The van der Waals surface area contributed by atoms with Crippen LogP contribution in [0.25, 0.3) is 0 Å². The minimum absolute atomic E-state index is 0.133. The molecule has 8 heteroatoms. The molecule has 21 heavy (non-hydrogen) atoms. The van der Waals surface area contributed by atoms with Crippen LogP contribution in [0.3, 0.4) is 0 Å². The van der Waals surface area contributed by atoms with E-state index in [1.54, 1.807) is 25.5 Å². The molecule has 0 atom stereocenters. The average Bonchev–Trinajstić information content (AvgIpc) is 2.83. The van der Waals surface area contributed by atoms with Crippen molar-refractivity contribution >= 4 is 27.5 Å². The Morgan fingerprint density at radius 1 is 1.52 bits per heavy atom. The number of hydrogen-bond donors (Lipinski definition) is 0. The van der Waals surface area contributed by atoms with Gasteiger partial charge >= 0.3 is 0 Å². The van der Waals surface area contributed by atoms with E-state index in [1.807, 2.05) is 11.6 Å². The van der Waals surface area contributed by atoms with Gasteiger partial charge in [0, 0.05) is 38.1 Å². The quantitative estimate of drug-likeness (QED) is 0.624. The van der Waals surface area contributed by atoms with Crippen LogP contribution in [0.2, 0.25) is 0 Å². The number of hydrogen-bond acceptors (Lipinski definition) is 4. The van der Waals surface area contributed by atoms with Crippen LogP contribution in [0.5, 0.6) is 0 Å². The van der Waals surface area contributed by atoms with Crippen molar-refractivity contribution in [3.63, 3.8) is 0 Å². The highest BCUT2D eigenvalue weighted by Gasteiger charge is 2.19. The predicted molar refractivity (Wildman–Crippen MR) is 79.8 cm³/mol. The number of nitro benzene ring substituents is 1. The van der Waals surface area contributed by atoms with E-state index >= 15 is 0 Å². The van der Waals surface area contributed by atoms with Gasteiger partial charge in [0.15, 0.2) is 0 Å². The number of amides is 1. The molecule has 2 rings (SSSR count). The number of carbonyl (C=O) groups excluding carboxylic acids is 1. The van der Waals surface area contributed by atoms with Gasteiger partial charge in [-0.25, -0.2) is 4.98 Å². The molecule has 1 aromatic heterocycles. The smallest absolute Gasteiger partial charge is 0.284 e. The van der Waals surface area contributed by atoms with E-state index in [1.165, 1.54) is 17.0 Å². The maximum Gasteiger partial charge on any atom is 0.284 e. The van der Waals surface area contributed by atoms with Crippen LogP contribution in [-0.2, 0) is 13.6 Å². The molecule has 2 aromatic rings. The second-order valence-corrected chi connectivity index (χ2v) is 5.39. The summed E-state index contributed by atoms with van der Waals surface area (Å²) in [5.74, 6) is 0.436. The van der Waals surface area contributed by atoms with Gasteiger partial charge in [-0.2, -0.15) is 0 Å². The largest absolute Gasteiger partial charge is 0.337 e. The number of carbonyl (C=O) groups is 1. The number of nitro groups is 1. The van der Waals surface area contributed by atoms with Crippen LogP contribution in [0.4, 0.5) is 5.69 Å². The van der Waals surface area contributed by atoms with E-state index in [2.05, 4.69) is 20.9 Å². The average molecular weight is 353 g/mol. The zero-order chi connectivity index (χ0) is 15.6. The highest BCUT2D eigenvalue weighted by atomic mass is 79.9. The lowest BCUT2D eigenvalue weighted by Crippen LogP contribution is -2.27. The fourth-order valence-electron chi connectivity index (χ4n) is 1.84. The third-order valence-corrected chi connectivity index (χ3v) is 3.71. The summed E-state index contributed by atoms with van der Waals surface area (Å²) in [4.78, 5) is 28.3. The Hall–Kier alpha value is -2.22. The summed E-state index contributed by atoms with van der Waals surface area (Å²) in [5, 5.41) is 10.9. The third-order valence-electron chi connectivity index (χ3n) is 3.04. The summed E-state index contributed by atoms with van der Waals surface area (Å²) in [6, 6.07) is 4.32. The fraction of sp³-hybridized carbons (Fsp3) is 0.231. The monoisotopic (exact) mass is 352 g/mol. The minimum Gasteiger partial charge on any atom is -0.337 e. The van der Waals surface area contributed by atoms with E-state index in [4.69, 9.17) is 0 Å². The second kappa shape index (κ2) is 6.04. The maximum atomic E-state index is 12.3. The van der Waals surface area contributed by atoms with E-state index in [9.17, 15) is 14.9 Å². The Balaban J connectivity index is 2.21. The van der Waals surface area contributed by atoms with Crippen molar-refractivity contribution in [3.8, 4) is 0 Å². The van der Waals surface area contributed by atoms with Gasteiger partial charge in [-0.1, -0.05) is 0 Å². The van der Waals surface area contributed by atoms with Gasteiger partial charge in [0.2, 0.25) is 0 Å². The van der Waals surface area contributed by atoms with Gasteiger partial charge < -0.3 is 9.47 Å². The first kappa shape index (κ1) is 15.2. The summed E-state index contributed by atoms with van der Waals surface area (Å²) in [6.45, 7) is 0.326. The highest BCUT2D eigenvalue weighted by molar-refractivity contribution is 9.10. The zero-order valence-corrected chi connectivity index (χ0v) is 13.1. The van der Waals surface area contributed by atoms with Crippen LogP contribution < -0.4 is 0 Å². The Kier molecular flexibility index (Phi) is 4.37. The summed E-state index contributed by atoms with van der Waals surface area (Å²) in [7, 11) is 3.47. The Labute approximate surface area is 129 Å². The van der Waals surface area contributed by atoms with Gasteiger partial charge in [0.05, 0.1) is 15.9 Å². The first-order chi connectivity index (χ1) is 9.90. The lowest BCUT2D eigenvalue weighted by molar-refractivity contribution is -0.385. The second-order valence-electron chi connectivity index (χ2n) is 4.54.